The highest BCUT2D eigenvalue weighted by Gasteiger charge is 2.07. The summed E-state index contributed by atoms with van der Waals surface area (Å²) in [5.74, 6) is 0. The van der Waals surface area contributed by atoms with Gasteiger partial charge in [0.1, 0.15) is 0 Å². The molecule has 0 aromatic carbocycles. The zero-order valence-electron chi connectivity index (χ0n) is 5.91. The Labute approximate surface area is 66.3 Å². The highest BCUT2D eigenvalue weighted by Crippen LogP contribution is 1.91. The van der Waals surface area contributed by atoms with E-state index in [1.54, 1.807) is 0 Å². The maximum absolute atomic E-state index is 9.64. The predicted molar refractivity (Wildman–Crippen MR) is 33.6 cm³/mol. The fourth-order valence-corrected chi connectivity index (χ4v) is 0.407. The number of nitrogens with two attached hydrogens (primary N) is 1. The molecule has 2 N–H and O–H groups in total. The Balaban J connectivity index is 3.37. The summed E-state index contributed by atoms with van der Waals surface area (Å²) in [6.07, 6.45) is -1.32. The van der Waals surface area contributed by atoms with E-state index in [1.807, 2.05) is 0 Å². The molecule has 0 heterocycles. The molecule has 0 spiro atoms. The molecule has 9 nitrogen and oxygen atoms in total. The smallest absolute Gasteiger partial charge is 0.296 e. The minimum absolute atomic E-state index is 0.123. The highest BCUT2D eigenvalue weighted by atomic mass is 17.0. The SMILES string of the molecule is NC(CCO[N+](=O)[O-])O[N+](=O)[O-]. The fourth-order valence-electron chi connectivity index (χ4n) is 0.407. The van der Waals surface area contributed by atoms with E-state index in [1.165, 1.54) is 0 Å². The van der Waals surface area contributed by atoms with Crippen molar-refractivity contribution in [3.05, 3.63) is 20.2 Å². The van der Waals surface area contributed by atoms with E-state index in [4.69, 9.17) is 5.73 Å². The van der Waals surface area contributed by atoms with Gasteiger partial charge in [0.25, 0.3) is 10.2 Å². The van der Waals surface area contributed by atoms with Crippen molar-refractivity contribution in [1.29, 1.82) is 0 Å². The summed E-state index contributed by atoms with van der Waals surface area (Å²) < 4.78 is 0. The van der Waals surface area contributed by atoms with Gasteiger partial charge in [0.2, 0.25) is 0 Å². The molecule has 0 aromatic rings. The molecule has 0 fully saturated rings. The van der Waals surface area contributed by atoms with Crippen molar-refractivity contribution < 1.29 is 19.8 Å². The van der Waals surface area contributed by atoms with Crippen molar-refractivity contribution in [1.82, 2.24) is 0 Å². The Hall–Kier alpha value is -1.64. The first-order chi connectivity index (χ1) is 5.52. The summed E-state index contributed by atoms with van der Waals surface area (Å²) in [5, 5.41) is 17.1. The van der Waals surface area contributed by atoms with Crippen LogP contribution in [-0.4, -0.2) is 23.0 Å². The number of nitrogens with zero attached hydrogens (tertiary/aromatic N) is 2. The standard InChI is InChI=1S/C3H7N3O6/c4-3(12-6(9)10)1-2-11-5(7)8/h3H,1-2,4H2. The van der Waals surface area contributed by atoms with Crippen LogP contribution < -0.4 is 5.73 Å². The lowest BCUT2D eigenvalue weighted by atomic mass is 10.4. The lowest BCUT2D eigenvalue weighted by molar-refractivity contribution is -0.773. The summed E-state index contributed by atoms with van der Waals surface area (Å²) >= 11 is 0. The maximum Gasteiger partial charge on any atom is 0.296 e. The van der Waals surface area contributed by atoms with Crippen LogP contribution in [-0.2, 0) is 9.68 Å². The molecule has 0 aliphatic heterocycles. The van der Waals surface area contributed by atoms with Gasteiger partial charge in [-0.25, -0.2) is 0 Å². The van der Waals surface area contributed by atoms with Crippen molar-refractivity contribution in [2.75, 3.05) is 6.61 Å². The Morgan fingerprint density at radius 3 is 2.33 bits per heavy atom. The summed E-state index contributed by atoms with van der Waals surface area (Å²) in [6.45, 7) is -0.331. The van der Waals surface area contributed by atoms with Gasteiger partial charge in [-0.2, -0.15) is 0 Å². The zero-order valence-corrected chi connectivity index (χ0v) is 5.91. The Bertz CT molecular complexity index is 171. The molecular formula is C3H7N3O6. The molecule has 0 radical (unpaired) electrons. The summed E-state index contributed by atoms with van der Waals surface area (Å²) in [4.78, 5) is 26.9. The van der Waals surface area contributed by atoms with E-state index >= 15 is 0 Å². The highest BCUT2D eigenvalue weighted by molar-refractivity contribution is 4.41. The van der Waals surface area contributed by atoms with Crippen LogP contribution in [0.2, 0.25) is 0 Å². The molecule has 0 amide bonds. The first-order valence-corrected chi connectivity index (χ1v) is 2.86. The first kappa shape index (κ1) is 10.4. The topological polar surface area (TPSA) is 131 Å². The number of rotatable bonds is 6. The Kier molecular flexibility index (Phi) is 4.38. The normalized spacial score (nSPS) is 11.8. The third-order valence-corrected chi connectivity index (χ3v) is 0.821. The van der Waals surface area contributed by atoms with Gasteiger partial charge in [-0.05, 0) is 0 Å². The maximum atomic E-state index is 9.64. The Morgan fingerprint density at radius 2 is 1.92 bits per heavy atom. The van der Waals surface area contributed by atoms with Crippen LogP contribution >= 0.6 is 0 Å². The van der Waals surface area contributed by atoms with Gasteiger partial charge in [-0.3, -0.25) is 4.84 Å². The second-order valence-electron chi connectivity index (χ2n) is 1.71. The summed E-state index contributed by atoms with van der Waals surface area (Å²) in [5.41, 5.74) is 4.99. The van der Waals surface area contributed by atoms with Gasteiger partial charge in [0, 0.05) is 6.42 Å². The molecule has 0 aliphatic carbocycles. The van der Waals surface area contributed by atoms with Gasteiger partial charge in [-0.1, -0.05) is 0 Å². The molecular weight excluding hydrogens is 174 g/mol. The van der Waals surface area contributed by atoms with E-state index in [0.717, 1.165) is 0 Å². The average Bonchev–Trinajstić information content (AvgIpc) is 1.84. The van der Waals surface area contributed by atoms with Crippen LogP contribution in [0.3, 0.4) is 0 Å². The van der Waals surface area contributed by atoms with Crippen LogP contribution in [0.1, 0.15) is 6.42 Å². The largest absolute Gasteiger partial charge is 0.314 e. The van der Waals surface area contributed by atoms with Crippen molar-refractivity contribution >= 4 is 0 Å². The van der Waals surface area contributed by atoms with E-state index in [9.17, 15) is 20.2 Å². The van der Waals surface area contributed by atoms with Crippen LogP contribution in [0.25, 0.3) is 0 Å². The van der Waals surface area contributed by atoms with E-state index < -0.39 is 16.4 Å². The van der Waals surface area contributed by atoms with Gasteiger partial charge in [0.15, 0.2) is 6.23 Å². The van der Waals surface area contributed by atoms with Gasteiger partial charge < -0.3 is 10.6 Å². The number of hydrogen-bond acceptors (Lipinski definition) is 7. The molecule has 0 bridgehead atoms. The van der Waals surface area contributed by atoms with E-state index in [-0.39, 0.29) is 13.0 Å². The lowest BCUT2D eigenvalue weighted by Crippen LogP contribution is -2.28. The van der Waals surface area contributed by atoms with Crippen molar-refractivity contribution in [3.63, 3.8) is 0 Å². The Morgan fingerprint density at radius 1 is 1.33 bits per heavy atom. The van der Waals surface area contributed by atoms with Crippen LogP contribution in [0.5, 0.6) is 0 Å². The second-order valence-corrected chi connectivity index (χ2v) is 1.71. The number of hydrogen-bond donors (Lipinski definition) is 1. The quantitative estimate of drug-likeness (QED) is 0.318. The summed E-state index contributed by atoms with van der Waals surface area (Å²) in [7, 11) is 0. The minimum Gasteiger partial charge on any atom is -0.314 e. The van der Waals surface area contributed by atoms with Crippen LogP contribution in [0.15, 0.2) is 0 Å². The molecule has 1 atom stereocenters. The van der Waals surface area contributed by atoms with E-state index in [0.29, 0.717) is 0 Å². The van der Waals surface area contributed by atoms with Gasteiger partial charge >= 0.3 is 0 Å². The predicted octanol–water partition coefficient (Wildman–Crippen LogP) is -0.922. The molecule has 0 rings (SSSR count). The van der Waals surface area contributed by atoms with Crippen LogP contribution in [0, 0.1) is 20.2 Å². The van der Waals surface area contributed by atoms with E-state index in [2.05, 4.69) is 9.68 Å². The van der Waals surface area contributed by atoms with Crippen molar-refractivity contribution in [2.45, 2.75) is 12.6 Å². The molecule has 9 heteroatoms. The van der Waals surface area contributed by atoms with Crippen LogP contribution in [0.4, 0.5) is 0 Å². The second kappa shape index (κ2) is 5.07. The monoisotopic (exact) mass is 181 g/mol. The van der Waals surface area contributed by atoms with Crippen molar-refractivity contribution in [3.8, 4) is 0 Å². The molecule has 12 heavy (non-hydrogen) atoms. The molecule has 0 aliphatic rings. The molecule has 0 aromatic heterocycles. The van der Waals surface area contributed by atoms with Crippen molar-refractivity contribution in [2.24, 2.45) is 5.73 Å². The minimum atomic E-state index is -1.19. The molecule has 1 unspecified atom stereocenters. The third-order valence-electron chi connectivity index (χ3n) is 0.821. The average molecular weight is 181 g/mol. The third kappa shape index (κ3) is 6.48. The van der Waals surface area contributed by atoms with Gasteiger partial charge in [0.05, 0.1) is 6.61 Å². The molecule has 70 valence electrons. The molecule has 0 saturated carbocycles. The lowest BCUT2D eigenvalue weighted by Gasteiger charge is -2.06. The zero-order chi connectivity index (χ0) is 9.56. The summed E-state index contributed by atoms with van der Waals surface area (Å²) in [6, 6.07) is 0. The molecule has 0 saturated heterocycles. The van der Waals surface area contributed by atoms with Gasteiger partial charge in [-0.15, -0.1) is 20.2 Å². The fraction of sp³-hybridized carbons (Fsp3) is 1.00. The first-order valence-electron chi connectivity index (χ1n) is 2.86.